The van der Waals surface area contributed by atoms with E-state index in [-0.39, 0.29) is 41.4 Å². The molecule has 1 N–H and O–H groups in total. The van der Waals surface area contributed by atoms with Gasteiger partial charge in [0.25, 0.3) is 5.92 Å². The molecule has 2 aliphatic heterocycles. The van der Waals surface area contributed by atoms with Crippen molar-refractivity contribution < 1.29 is 22.8 Å². The number of halogens is 3. The zero-order chi connectivity index (χ0) is 26.1. The summed E-state index contributed by atoms with van der Waals surface area (Å²) in [5.41, 5.74) is 0.662. The summed E-state index contributed by atoms with van der Waals surface area (Å²) in [7, 11) is 0. The van der Waals surface area contributed by atoms with Gasteiger partial charge in [-0.25, -0.2) is 22.9 Å². The van der Waals surface area contributed by atoms with Crippen LogP contribution in [0.15, 0.2) is 36.5 Å². The molecule has 7 nitrogen and oxygen atoms in total. The molecule has 0 aliphatic carbocycles. The summed E-state index contributed by atoms with van der Waals surface area (Å²) < 4.78 is 42.7. The average molecular weight is 504 g/mol. The molecule has 0 radical (unpaired) electrons. The molecule has 194 valence electrons. The number of hydrogen-bond acceptors (Lipinski definition) is 4. The Labute approximate surface area is 209 Å². The van der Waals surface area contributed by atoms with Crippen LogP contribution in [0.4, 0.5) is 29.5 Å². The third-order valence-corrected chi connectivity index (χ3v) is 6.40. The molecule has 0 saturated carbocycles. The molecule has 1 aromatic heterocycles. The minimum Gasteiger partial charge on any atom is -0.349 e. The molecule has 0 atom stereocenters. The molecule has 3 amide bonds. The number of anilines is 2. The van der Waals surface area contributed by atoms with E-state index >= 15 is 0 Å². The van der Waals surface area contributed by atoms with Crippen LogP contribution in [0.5, 0.6) is 0 Å². The molecule has 0 spiro atoms. The maximum atomic E-state index is 14.7. The first-order valence-electron chi connectivity index (χ1n) is 12.1. The zero-order valence-corrected chi connectivity index (χ0v) is 20.9. The van der Waals surface area contributed by atoms with Crippen molar-refractivity contribution in [2.24, 2.45) is 5.41 Å². The number of alkyl halides is 2. The van der Waals surface area contributed by atoms with Gasteiger partial charge in [-0.1, -0.05) is 39.0 Å². The van der Waals surface area contributed by atoms with E-state index in [2.05, 4.69) is 10.3 Å². The monoisotopic (exact) mass is 503 g/mol. The third-order valence-electron chi connectivity index (χ3n) is 6.40. The normalized spacial score (nSPS) is 17.9. The number of amides is 3. The zero-order valence-electron chi connectivity index (χ0n) is 20.9. The van der Waals surface area contributed by atoms with Gasteiger partial charge in [-0.15, -0.1) is 0 Å². The van der Waals surface area contributed by atoms with E-state index in [1.54, 1.807) is 34.1 Å². The van der Waals surface area contributed by atoms with E-state index in [1.807, 2.05) is 20.8 Å². The van der Waals surface area contributed by atoms with Crippen molar-refractivity contribution in [2.45, 2.75) is 39.5 Å². The van der Waals surface area contributed by atoms with Gasteiger partial charge >= 0.3 is 6.03 Å². The lowest BCUT2D eigenvalue weighted by Gasteiger charge is -2.36. The first kappa shape index (κ1) is 25.8. The first-order chi connectivity index (χ1) is 16.9. The number of rotatable bonds is 4. The highest BCUT2D eigenvalue weighted by Crippen LogP contribution is 2.39. The lowest BCUT2D eigenvalue weighted by molar-refractivity contribution is -0.134. The van der Waals surface area contributed by atoms with Gasteiger partial charge in [0.2, 0.25) is 5.91 Å². The van der Waals surface area contributed by atoms with Crippen molar-refractivity contribution in [2.75, 3.05) is 49.5 Å². The number of hydrogen-bond donors (Lipinski definition) is 1. The summed E-state index contributed by atoms with van der Waals surface area (Å²) in [6, 6.07) is 7.22. The molecule has 2 fully saturated rings. The fourth-order valence-electron chi connectivity index (χ4n) is 4.54. The number of pyridine rings is 1. The summed E-state index contributed by atoms with van der Waals surface area (Å²) in [4.78, 5) is 34.8. The van der Waals surface area contributed by atoms with E-state index in [0.29, 0.717) is 38.2 Å². The number of carbonyl (C=O) groups is 2. The van der Waals surface area contributed by atoms with Gasteiger partial charge < -0.3 is 20.0 Å². The second-order valence-electron chi connectivity index (χ2n) is 10.6. The maximum absolute atomic E-state index is 14.7. The largest absolute Gasteiger partial charge is 0.349 e. The van der Waals surface area contributed by atoms with Crippen molar-refractivity contribution >= 4 is 23.4 Å². The summed E-state index contributed by atoms with van der Waals surface area (Å²) in [5.74, 6) is -3.13. The minimum atomic E-state index is -2.87. The number of carbonyl (C=O) groups excluding carboxylic acids is 2. The molecule has 3 heterocycles. The van der Waals surface area contributed by atoms with Gasteiger partial charge in [-0.2, -0.15) is 0 Å². The second-order valence-corrected chi connectivity index (χ2v) is 10.6. The maximum Gasteiger partial charge on any atom is 0.322 e. The Bertz CT molecular complexity index is 1130. The van der Waals surface area contributed by atoms with Gasteiger partial charge in [0.15, 0.2) is 5.82 Å². The Morgan fingerprint density at radius 1 is 1.00 bits per heavy atom. The van der Waals surface area contributed by atoms with Gasteiger partial charge in [-0.3, -0.25) is 4.79 Å². The molecule has 0 unspecified atom stereocenters. The van der Waals surface area contributed by atoms with Crippen molar-refractivity contribution in [3.05, 3.63) is 42.3 Å². The molecular weight excluding hydrogens is 471 g/mol. The van der Waals surface area contributed by atoms with Crippen LogP contribution in [-0.2, 0) is 4.79 Å². The van der Waals surface area contributed by atoms with Crippen molar-refractivity contribution in [3.8, 4) is 11.1 Å². The van der Waals surface area contributed by atoms with Crippen LogP contribution in [-0.4, -0.2) is 71.9 Å². The van der Waals surface area contributed by atoms with Crippen LogP contribution in [0.25, 0.3) is 11.1 Å². The lowest BCUT2D eigenvalue weighted by atomic mass is 9.91. The number of nitrogens with one attached hydrogen (secondary N) is 1. The molecule has 4 rings (SSSR count). The van der Waals surface area contributed by atoms with Crippen LogP contribution in [0, 0.1) is 11.2 Å². The molecular formula is C26H32F3N5O2. The van der Waals surface area contributed by atoms with Gasteiger partial charge in [0.1, 0.15) is 5.82 Å². The lowest BCUT2D eigenvalue weighted by Crippen LogP contribution is -2.52. The van der Waals surface area contributed by atoms with Crippen molar-refractivity contribution in [3.63, 3.8) is 0 Å². The summed E-state index contributed by atoms with van der Waals surface area (Å²) in [6.45, 7) is 7.01. The summed E-state index contributed by atoms with van der Waals surface area (Å²) >= 11 is 0. The predicted octanol–water partition coefficient (Wildman–Crippen LogP) is 4.85. The predicted molar refractivity (Wildman–Crippen MR) is 133 cm³/mol. The molecule has 10 heteroatoms. The molecule has 0 bridgehead atoms. The van der Waals surface area contributed by atoms with Crippen LogP contribution in [0.1, 0.15) is 33.6 Å². The molecule has 2 aliphatic rings. The van der Waals surface area contributed by atoms with Gasteiger partial charge in [0, 0.05) is 62.9 Å². The SMILES string of the molecule is CC(C)(C)CC(=O)N1CCN(C(=O)Nc2c(-c3ccccc3F)ccnc2N2CCC(F)(F)C2)CC1. The van der Waals surface area contributed by atoms with Crippen LogP contribution >= 0.6 is 0 Å². The van der Waals surface area contributed by atoms with Crippen LogP contribution in [0.3, 0.4) is 0 Å². The number of piperazine rings is 1. The molecule has 1 aromatic carbocycles. The van der Waals surface area contributed by atoms with Gasteiger partial charge in [-0.05, 0) is 17.5 Å². The first-order valence-corrected chi connectivity index (χ1v) is 12.1. The summed E-state index contributed by atoms with van der Waals surface area (Å²) in [5, 5.41) is 2.83. The fraction of sp³-hybridized carbons (Fsp3) is 0.500. The van der Waals surface area contributed by atoms with Gasteiger partial charge in [0.05, 0.1) is 12.2 Å². The van der Waals surface area contributed by atoms with E-state index in [0.717, 1.165) is 0 Å². The quantitative estimate of drug-likeness (QED) is 0.648. The third kappa shape index (κ3) is 5.91. The highest BCUT2D eigenvalue weighted by atomic mass is 19.3. The average Bonchev–Trinajstić information content (AvgIpc) is 3.18. The minimum absolute atomic E-state index is 0.0499. The number of urea groups is 1. The van der Waals surface area contributed by atoms with Crippen molar-refractivity contribution in [1.29, 1.82) is 0 Å². The number of aromatic nitrogens is 1. The molecule has 2 aromatic rings. The van der Waals surface area contributed by atoms with E-state index < -0.39 is 24.3 Å². The van der Waals surface area contributed by atoms with Crippen LogP contribution < -0.4 is 10.2 Å². The van der Waals surface area contributed by atoms with Crippen molar-refractivity contribution in [1.82, 2.24) is 14.8 Å². The second kappa shape index (κ2) is 9.99. The molecule has 2 saturated heterocycles. The Kier molecular flexibility index (Phi) is 7.15. The van der Waals surface area contributed by atoms with E-state index in [9.17, 15) is 22.8 Å². The Morgan fingerprint density at radius 3 is 2.28 bits per heavy atom. The highest BCUT2D eigenvalue weighted by molar-refractivity contribution is 5.99. The smallest absolute Gasteiger partial charge is 0.322 e. The van der Waals surface area contributed by atoms with Crippen LogP contribution in [0.2, 0.25) is 0 Å². The highest BCUT2D eigenvalue weighted by Gasteiger charge is 2.40. The molecule has 36 heavy (non-hydrogen) atoms. The Balaban J connectivity index is 1.56. The fourth-order valence-corrected chi connectivity index (χ4v) is 4.54. The Hall–Kier alpha value is -3.30. The standard InChI is InChI=1S/C26H32F3N5O2/c1-25(2,3)16-21(35)32-12-14-33(15-13-32)24(36)31-22-19(18-6-4-5-7-20(18)27)8-10-30-23(22)34-11-9-26(28,29)17-34/h4-8,10H,9,11-17H2,1-3H3,(H,31,36). The van der Waals surface area contributed by atoms with E-state index in [4.69, 9.17) is 0 Å². The Morgan fingerprint density at radius 2 is 1.67 bits per heavy atom. The number of nitrogens with zero attached hydrogens (tertiary/aromatic N) is 4. The topological polar surface area (TPSA) is 68.8 Å². The summed E-state index contributed by atoms with van der Waals surface area (Å²) in [6.07, 6.45) is 1.53. The van der Waals surface area contributed by atoms with E-state index in [1.165, 1.54) is 17.2 Å². The number of benzene rings is 1.